The molecule has 1 N–H and O–H groups in total. The third-order valence-electron chi connectivity index (χ3n) is 4.43. The molecule has 0 saturated heterocycles. The smallest absolute Gasteiger partial charge is 0.244 e. The van der Waals surface area contributed by atoms with Gasteiger partial charge in [0.05, 0.1) is 0 Å². The van der Waals surface area contributed by atoms with Gasteiger partial charge in [-0.15, -0.1) is 0 Å². The van der Waals surface area contributed by atoms with Crippen molar-refractivity contribution in [3.63, 3.8) is 0 Å². The highest BCUT2D eigenvalue weighted by molar-refractivity contribution is 6.02. The van der Waals surface area contributed by atoms with Crippen LogP contribution in [0.1, 0.15) is 34.7 Å². The quantitative estimate of drug-likeness (QED) is 0.907. The van der Waals surface area contributed by atoms with Gasteiger partial charge in [0.1, 0.15) is 6.54 Å². The average molecular weight is 338 g/mol. The Morgan fingerprint density at radius 1 is 0.880 bits per heavy atom. The number of carbonyl (C=O) groups excluding carboxylic acids is 2. The van der Waals surface area contributed by atoms with Crippen LogP contribution in [0, 0.1) is 34.6 Å². The molecular weight excluding hydrogens is 312 g/mol. The first-order valence-corrected chi connectivity index (χ1v) is 8.42. The van der Waals surface area contributed by atoms with Gasteiger partial charge in [0, 0.05) is 18.3 Å². The second-order valence-electron chi connectivity index (χ2n) is 6.70. The van der Waals surface area contributed by atoms with E-state index < -0.39 is 0 Å². The lowest BCUT2D eigenvalue weighted by molar-refractivity contribution is -0.120. The molecule has 0 aliphatic carbocycles. The Kier molecular flexibility index (Phi) is 5.62. The molecule has 4 nitrogen and oxygen atoms in total. The number of hydrogen-bond donors (Lipinski definition) is 1. The molecule has 2 aromatic rings. The molecule has 0 heterocycles. The highest BCUT2D eigenvalue weighted by Gasteiger charge is 2.17. The fraction of sp³-hybridized carbons (Fsp3) is 0.333. The first-order valence-electron chi connectivity index (χ1n) is 8.42. The molecule has 25 heavy (non-hydrogen) atoms. The van der Waals surface area contributed by atoms with Crippen molar-refractivity contribution in [3.05, 3.63) is 58.1 Å². The molecule has 2 aromatic carbocycles. The van der Waals surface area contributed by atoms with Crippen LogP contribution < -0.4 is 10.2 Å². The number of aryl methyl sites for hydroxylation is 5. The second-order valence-corrected chi connectivity index (χ2v) is 6.70. The molecule has 0 radical (unpaired) electrons. The van der Waals surface area contributed by atoms with E-state index in [0.717, 1.165) is 39.2 Å². The standard InChI is InChI=1S/C21H26N2O2/c1-13-9-16(4)21(17(5)10-13)22-20(25)12-23(18(6)24)19-8-7-14(2)15(3)11-19/h7-11H,12H2,1-6H3,(H,22,25). The second kappa shape index (κ2) is 7.51. The maximum Gasteiger partial charge on any atom is 0.244 e. The zero-order valence-electron chi connectivity index (χ0n) is 15.9. The minimum Gasteiger partial charge on any atom is -0.324 e. The van der Waals surface area contributed by atoms with Gasteiger partial charge in [0.15, 0.2) is 0 Å². The van der Waals surface area contributed by atoms with Crippen molar-refractivity contribution in [2.24, 2.45) is 0 Å². The predicted octanol–water partition coefficient (Wildman–Crippen LogP) is 4.22. The molecule has 0 unspecified atom stereocenters. The highest BCUT2D eigenvalue weighted by Crippen LogP contribution is 2.23. The number of hydrogen-bond acceptors (Lipinski definition) is 2. The zero-order chi connectivity index (χ0) is 18.7. The summed E-state index contributed by atoms with van der Waals surface area (Å²) in [6.45, 7) is 11.5. The molecule has 0 aliphatic rings. The Bertz CT molecular complexity index is 802. The molecule has 0 atom stereocenters. The molecule has 0 fully saturated rings. The lowest BCUT2D eigenvalue weighted by Crippen LogP contribution is -2.37. The third-order valence-corrected chi connectivity index (χ3v) is 4.43. The molecule has 0 aromatic heterocycles. The summed E-state index contributed by atoms with van der Waals surface area (Å²) in [7, 11) is 0. The molecule has 2 rings (SSSR count). The lowest BCUT2D eigenvalue weighted by Gasteiger charge is -2.22. The van der Waals surface area contributed by atoms with E-state index in [0.29, 0.717) is 0 Å². The maximum atomic E-state index is 12.5. The Labute approximate surface area is 149 Å². The number of rotatable bonds is 4. The first-order chi connectivity index (χ1) is 11.7. The molecule has 2 amide bonds. The van der Waals surface area contributed by atoms with Gasteiger partial charge in [0.25, 0.3) is 0 Å². The monoisotopic (exact) mass is 338 g/mol. The van der Waals surface area contributed by atoms with E-state index in [-0.39, 0.29) is 18.4 Å². The highest BCUT2D eigenvalue weighted by atomic mass is 16.2. The van der Waals surface area contributed by atoms with Gasteiger partial charge < -0.3 is 10.2 Å². The van der Waals surface area contributed by atoms with Crippen LogP contribution in [0.25, 0.3) is 0 Å². The summed E-state index contributed by atoms with van der Waals surface area (Å²) in [6, 6.07) is 9.85. The zero-order valence-corrected chi connectivity index (χ0v) is 15.9. The van der Waals surface area contributed by atoms with E-state index >= 15 is 0 Å². The van der Waals surface area contributed by atoms with Gasteiger partial charge in [-0.2, -0.15) is 0 Å². The molecule has 0 spiro atoms. The fourth-order valence-electron chi connectivity index (χ4n) is 2.98. The van der Waals surface area contributed by atoms with Gasteiger partial charge in [-0.05, 0) is 69.0 Å². The largest absolute Gasteiger partial charge is 0.324 e. The van der Waals surface area contributed by atoms with Crippen LogP contribution in [0.2, 0.25) is 0 Å². The summed E-state index contributed by atoms with van der Waals surface area (Å²) in [5.41, 5.74) is 7.01. The van der Waals surface area contributed by atoms with E-state index in [1.54, 1.807) is 0 Å². The molecule has 4 heteroatoms. The van der Waals surface area contributed by atoms with Crippen molar-refractivity contribution in [1.82, 2.24) is 0 Å². The van der Waals surface area contributed by atoms with E-state index in [4.69, 9.17) is 0 Å². The van der Waals surface area contributed by atoms with Crippen molar-refractivity contribution in [2.75, 3.05) is 16.8 Å². The SMILES string of the molecule is CC(=O)N(CC(=O)Nc1c(C)cc(C)cc1C)c1ccc(C)c(C)c1. The Morgan fingerprint density at radius 2 is 1.48 bits per heavy atom. The average Bonchev–Trinajstić information content (AvgIpc) is 2.51. The van der Waals surface area contributed by atoms with E-state index in [1.807, 2.05) is 65.0 Å². The molecule has 0 saturated carbocycles. The summed E-state index contributed by atoms with van der Waals surface area (Å²) >= 11 is 0. The van der Waals surface area contributed by atoms with Crippen LogP contribution >= 0.6 is 0 Å². The van der Waals surface area contributed by atoms with Crippen molar-refractivity contribution >= 4 is 23.2 Å². The summed E-state index contributed by atoms with van der Waals surface area (Å²) in [4.78, 5) is 26.1. The number of anilines is 2. The molecular formula is C21H26N2O2. The molecule has 132 valence electrons. The predicted molar refractivity (Wildman–Crippen MR) is 103 cm³/mol. The van der Waals surface area contributed by atoms with Gasteiger partial charge in [-0.25, -0.2) is 0 Å². The van der Waals surface area contributed by atoms with Gasteiger partial charge >= 0.3 is 0 Å². The van der Waals surface area contributed by atoms with E-state index in [2.05, 4.69) is 5.32 Å². The Balaban J connectivity index is 2.21. The number of nitrogens with zero attached hydrogens (tertiary/aromatic N) is 1. The van der Waals surface area contributed by atoms with Gasteiger partial charge in [-0.1, -0.05) is 23.8 Å². The van der Waals surface area contributed by atoms with Crippen LogP contribution in [0.4, 0.5) is 11.4 Å². The minimum absolute atomic E-state index is 0.00933. The van der Waals surface area contributed by atoms with Crippen LogP contribution in [0.3, 0.4) is 0 Å². The van der Waals surface area contributed by atoms with E-state index in [1.165, 1.54) is 11.8 Å². The number of nitrogens with one attached hydrogen (secondary N) is 1. The first kappa shape index (κ1) is 18.7. The Morgan fingerprint density at radius 3 is 2.00 bits per heavy atom. The summed E-state index contributed by atoms with van der Waals surface area (Å²) in [6.07, 6.45) is 0. The number of carbonyl (C=O) groups is 2. The van der Waals surface area contributed by atoms with Gasteiger partial charge in [0.2, 0.25) is 11.8 Å². The third kappa shape index (κ3) is 4.47. The minimum atomic E-state index is -0.205. The topological polar surface area (TPSA) is 49.4 Å². The fourth-order valence-corrected chi connectivity index (χ4v) is 2.98. The number of benzene rings is 2. The molecule has 0 bridgehead atoms. The lowest BCUT2D eigenvalue weighted by atomic mass is 10.1. The summed E-state index contributed by atoms with van der Waals surface area (Å²) in [5, 5.41) is 2.95. The van der Waals surface area contributed by atoms with Crippen molar-refractivity contribution in [1.29, 1.82) is 0 Å². The van der Waals surface area contributed by atoms with Crippen LogP contribution in [0.5, 0.6) is 0 Å². The molecule has 0 aliphatic heterocycles. The van der Waals surface area contributed by atoms with E-state index in [9.17, 15) is 9.59 Å². The van der Waals surface area contributed by atoms with Crippen LogP contribution in [0.15, 0.2) is 30.3 Å². The number of amides is 2. The van der Waals surface area contributed by atoms with Crippen LogP contribution in [-0.4, -0.2) is 18.4 Å². The normalized spacial score (nSPS) is 10.5. The maximum absolute atomic E-state index is 12.5. The van der Waals surface area contributed by atoms with Crippen molar-refractivity contribution in [2.45, 2.75) is 41.5 Å². The van der Waals surface area contributed by atoms with Gasteiger partial charge in [-0.3, -0.25) is 9.59 Å². The van der Waals surface area contributed by atoms with Crippen LogP contribution in [-0.2, 0) is 9.59 Å². The Hall–Kier alpha value is -2.62. The summed E-state index contributed by atoms with van der Waals surface area (Å²) in [5.74, 6) is -0.362. The summed E-state index contributed by atoms with van der Waals surface area (Å²) < 4.78 is 0. The van der Waals surface area contributed by atoms with Crippen molar-refractivity contribution in [3.8, 4) is 0 Å². The van der Waals surface area contributed by atoms with Crippen molar-refractivity contribution < 1.29 is 9.59 Å².